The summed E-state index contributed by atoms with van der Waals surface area (Å²) in [6.45, 7) is 0.912. The molecule has 3 rings (SSSR count). The molecule has 25 heavy (non-hydrogen) atoms. The Bertz CT molecular complexity index is 586. The summed E-state index contributed by atoms with van der Waals surface area (Å²) in [6, 6.07) is 6.97. The maximum Gasteiger partial charge on any atom is 0.330 e. The first-order valence-corrected chi connectivity index (χ1v) is 8.33. The van der Waals surface area contributed by atoms with Crippen molar-refractivity contribution < 1.29 is 32.5 Å². The highest BCUT2D eigenvalue weighted by Gasteiger charge is 2.59. The van der Waals surface area contributed by atoms with Crippen LogP contribution in [-0.2, 0) is 25.6 Å². The summed E-state index contributed by atoms with van der Waals surface area (Å²) in [4.78, 5) is 11.0. The van der Waals surface area contributed by atoms with Crippen LogP contribution >= 0.6 is 0 Å². The smallest absolute Gasteiger partial charge is 0.330 e. The lowest BCUT2D eigenvalue weighted by Gasteiger charge is -2.45. The molecule has 1 aliphatic heterocycles. The van der Waals surface area contributed by atoms with Crippen LogP contribution in [0.3, 0.4) is 0 Å². The van der Waals surface area contributed by atoms with Crippen molar-refractivity contribution in [1.82, 2.24) is 0 Å². The van der Waals surface area contributed by atoms with E-state index in [-0.39, 0.29) is 38.6 Å². The summed E-state index contributed by atoms with van der Waals surface area (Å²) in [5, 5.41) is 0. The summed E-state index contributed by atoms with van der Waals surface area (Å²) >= 11 is 0. The Morgan fingerprint density at radius 3 is 2.24 bits per heavy atom. The predicted octanol–water partition coefficient (Wildman–Crippen LogP) is 3.10. The molecule has 1 saturated heterocycles. The van der Waals surface area contributed by atoms with E-state index in [9.17, 15) is 13.6 Å². The molecular formula is C18H22F2O5. The number of ether oxygens (including phenoxy) is 4. The number of hydrogen-bond donors (Lipinski definition) is 0. The molecule has 2 aliphatic rings. The fraction of sp³-hybridized carbons (Fsp3) is 0.611. The van der Waals surface area contributed by atoms with Crippen LogP contribution in [0.15, 0.2) is 24.3 Å². The van der Waals surface area contributed by atoms with Gasteiger partial charge in [-0.2, -0.15) is 8.78 Å². The molecule has 1 aliphatic carbocycles. The van der Waals surface area contributed by atoms with Crippen molar-refractivity contribution in [1.29, 1.82) is 0 Å². The molecule has 0 bridgehead atoms. The summed E-state index contributed by atoms with van der Waals surface area (Å²) in [5.41, 5.74) is -1.11. The average molecular weight is 356 g/mol. The monoisotopic (exact) mass is 356 g/mol. The zero-order valence-corrected chi connectivity index (χ0v) is 14.1. The average Bonchev–Trinajstić information content (AvgIpc) is 3.10. The van der Waals surface area contributed by atoms with Crippen LogP contribution in [0.2, 0.25) is 0 Å². The van der Waals surface area contributed by atoms with Gasteiger partial charge in [0, 0.05) is 12.8 Å². The normalized spacial score (nSPS) is 22.0. The molecule has 0 aromatic heterocycles. The third-order valence-corrected chi connectivity index (χ3v) is 5.06. The highest BCUT2D eigenvalue weighted by atomic mass is 19.3. The van der Waals surface area contributed by atoms with Gasteiger partial charge >= 0.3 is 5.92 Å². The number of hydrogen-bond acceptors (Lipinski definition) is 5. The van der Waals surface area contributed by atoms with E-state index < -0.39 is 17.3 Å². The molecule has 0 unspecified atom stereocenters. The highest BCUT2D eigenvalue weighted by Crippen LogP contribution is 2.48. The molecule has 1 saturated carbocycles. The van der Waals surface area contributed by atoms with E-state index in [2.05, 4.69) is 0 Å². The molecule has 0 amide bonds. The number of carbonyl (C=O) groups is 1. The molecule has 0 atom stereocenters. The molecular weight excluding hydrogens is 334 g/mol. The van der Waals surface area contributed by atoms with Crippen molar-refractivity contribution in [2.75, 3.05) is 20.3 Å². The number of rotatable bonds is 6. The van der Waals surface area contributed by atoms with Gasteiger partial charge in [-0.15, -0.1) is 0 Å². The van der Waals surface area contributed by atoms with Crippen LogP contribution in [0, 0.1) is 0 Å². The van der Waals surface area contributed by atoms with Gasteiger partial charge in [0.2, 0.25) is 0 Å². The Morgan fingerprint density at radius 1 is 1.12 bits per heavy atom. The lowest BCUT2D eigenvalue weighted by molar-refractivity contribution is -0.258. The zero-order chi connectivity index (χ0) is 18.0. The lowest BCUT2D eigenvalue weighted by atomic mass is 9.77. The van der Waals surface area contributed by atoms with Gasteiger partial charge in [0.25, 0.3) is 0 Å². The van der Waals surface area contributed by atoms with Gasteiger partial charge in [-0.25, -0.2) is 0 Å². The first kappa shape index (κ1) is 18.2. The Balaban J connectivity index is 1.72. The summed E-state index contributed by atoms with van der Waals surface area (Å²) < 4.78 is 50.7. The lowest BCUT2D eigenvalue weighted by Crippen LogP contribution is -2.56. The van der Waals surface area contributed by atoms with Crippen molar-refractivity contribution in [3.05, 3.63) is 29.8 Å². The Hall–Kier alpha value is -1.57. The molecule has 7 heteroatoms. The zero-order valence-electron chi connectivity index (χ0n) is 14.1. The predicted molar refractivity (Wildman–Crippen MR) is 84.6 cm³/mol. The first-order chi connectivity index (χ1) is 11.9. The SMILES string of the molecule is COc1ccc(COC2(C(F)(F)C=O)CCC3(CC2)OCCO3)cc1. The molecule has 138 valence electrons. The van der Waals surface area contributed by atoms with Crippen LogP contribution in [0.1, 0.15) is 31.2 Å². The third-order valence-electron chi connectivity index (χ3n) is 5.06. The van der Waals surface area contributed by atoms with E-state index >= 15 is 0 Å². The van der Waals surface area contributed by atoms with E-state index in [0.717, 1.165) is 5.56 Å². The fourth-order valence-corrected chi connectivity index (χ4v) is 3.44. The van der Waals surface area contributed by atoms with E-state index in [0.29, 0.717) is 19.0 Å². The van der Waals surface area contributed by atoms with Gasteiger partial charge in [-0.1, -0.05) is 12.1 Å². The number of benzene rings is 1. The summed E-state index contributed by atoms with van der Waals surface area (Å²) in [6.07, 6.45) is 0.233. The standard InChI is InChI=1S/C18H22F2O5/c1-22-15-4-2-14(3-5-15)12-25-16(18(19,20)13-21)6-8-17(9-7-16)23-10-11-24-17/h2-5,13H,6-12H2,1H3. The van der Waals surface area contributed by atoms with Crippen molar-refractivity contribution in [3.8, 4) is 5.75 Å². The second kappa shape index (κ2) is 6.97. The molecule has 1 heterocycles. The minimum absolute atomic E-state index is 0.00506. The van der Waals surface area contributed by atoms with Crippen LogP contribution in [0.25, 0.3) is 0 Å². The summed E-state index contributed by atoms with van der Waals surface area (Å²) in [7, 11) is 1.55. The van der Waals surface area contributed by atoms with Gasteiger partial charge in [0.15, 0.2) is 12.1 Å². The van der Waals surface area contributed by atoms with Gasteiger partial charge in [0.1, 0.15) is 11.4 Å². The quantitative estimate of drug-likeness (QED) is 0.733. The van der Waals surface area contributed by atoms with Gasteiger partial charge < -0.3 is 18.9 Å². The topological polar surface area (TPSA) is 54.0 Å². The van der Waals surface area contributed by atoms with Crippen molar-refractivity contribution in [2.45, 2.75) is 49.6 Å². The molecule has 0 radical (unpaired) electrons. The van der Waals surface area contributed by atoms with Crippen LogP contribution < -0.4 is 4.74 Å². The summed E-state index contributed by atoms with van der Waals surface area (Å²) in [5.74, 6) is -3.70. The molecule has 1 aromatic rings. The maximum atomic E-state index is 14.4. The first-order valence-electron chi connectivity index (χ1n) is 8.33. The Labute approximate surface area is 145 Å². The Kier molecular flexibility index (Phi) is 5.09. The van der Waals surface area contributed by atoms with Crippen LogP contribution in [0.4, 0.5) is 8.78 Å². The number of alkyl halides is 2. The largest absolute Gasteiger partial charge is 0.497 e. The number of aldehydes is 1. The maximum absolute atomic E-state index is 14.4. The minimum atomic E-state index is -3.57. The van der Waals surface area contributed by atoms with Crippen molar-refractivity contribution in [2.24, 2.45) is 0 Å². The number of methoxy groups -OCH3 is 1. The second-order valence-corrected chi connectivity index (χ2v) is 6.48. The Morgan fingerprint density at radius 2 is 1.72 bits per heavy atom. The number of carbonyl (C=O) groups excluding carboxylic acids is 1. The third kappa shape index (κ3) is 3.54. The van der Waals surface area contributed by atoms with E-state index in [1.807, 2.05) is 0 Å². The molecule has 2 fully saturated rings. The van der Waals surface area contributed by atoms with E-state index in [1.54, 1.807) is 31.4 Å². The van der Waals surface area contributed by atoms with Gasteiger partial charge in [-0.3, -0.25) is 4.79 Å². The minimum Gasteiger partial charge on any atom is -0.497 e. The van der Waals surface area contributed by atoms with Crippen LogP contribution in [-0.4, -0.2) is 43.9 Å². The molecule has 1 spiro atoms. The van der Waals surface area contributed by atoms with E-state index in [4.69, 9.17) is 18.9 Å². The molecule has 0 N–H and O–H groups in total. The number of halogens is 2. The van der Waals surface area contributed by atoms with Crippen molar-refractivity contribution in [3.63, 3.8) is 0 Å². The van der Waals surface area contributed by atoms with Crippen molar-refractivity contribution >= 4 is 6.29 Å². The van der Waals surface area contributed by atoms with E-state index in [1.165, 1.54) is 0 Å². The van der Waals surface area contributed by atoms with Crippen LogP contribution in [0.5, 0.6) is 5.75 Å². The molecule has 1 aromatic carbocycles. The highest BCUT2D eigenvalue weighted by molar-refractivity contribution is 5.62. The second-order valence-electron chi connectivity index (χ2n) is 6.48. The fourth-order valence-electron chi connectivity index (χ4n) is 3.44. The molecule has 5 nitrogen and oxygen atoms in total. The van der Waals surface area contributed by atoms with Gasteiger partial charge in [-0.05, 0) is 30.5 Å². The van der Waals surface area contributed by atoms with Gasteiger partial charge in [0.05, 0.1) is 26.9 Å².